The molecule has 6 nitrogen and oxygen atoms in total. The lowest BCUT2D eigenvalue weighted by Gasteiger charge is -2.10. The summed E-state index contributed by atoms with van der Waals surface area (Å²) in [5.41, 5.74) is 2.79. The van der Waals surface area contributed by atoms with E-state index >= 15 is 0 Å². The molecule has 2 rings (SSSR count). The molecule has 1 heterocycles. The lowest BCUT2D eigenvalue weighted by molar-refractivity contribution is -0.147. The van der Waals surface area contributed by atoms with Crippen LogP contribution in [0.5, 0.6) is 0 Å². The normalized spacial score (nSPS) is 10.6. The molecule has 144 valence electrons. The number of thioether (sulfide) groups is 1. The second-order valence-corrected chi connectivity index (χ2v) is 6.87. The molecule has 1 N–H and O–H groups in total. The Kier molecular flexibility index (Phi) is 7.55. The quantitative estimate of drug-likeness (QED) is 0.425. The number of anilines is 1. The van der Waals surface area contributed by atoms with Crippen molar-refractivity contribution in [2.75, 3.05) is 18.2 Å². The largest absolute Gasteiger partial charge is 0.456 e. The highest BCUT2D eigenvalue weighted by Gasteiger charge is 2.13. The lowest BCUT2D eigenvalue weighted by atomic mass is 10.1. The van der Waals surface area contributed by atoms with Crippen molar-refractivity contribution < 1.29 is 18.7 Å². The van der Waals surface area contributed by atoms with Gasteiger partial charge in [0.25, 0.3) is 5.91 Å². The Balaban J connectivity index is 1.83. The van der Waals surface area contributed by atoms with Gasteiger partial charge in [0.1, 0.15) is 5.82 Å². The summed E-state index contributed by atoms with van der Waals surface area (Å²) in [4.78, 5) is 32.5. The predicted molar refractivity (Wildman–Crippen MR) is 103 cm³/mol. The molecule has 27 heavy (non-hydrogen) atoms. The van der Waals surface area contributed by atoms with Crippen LogP contribution in [0.4, 0.5) is 10.1 Å². The van der Waals surface area contributed by atoms with Gasteiger partial charge >= 0.3 is 5.97 Å². The first-order chi connectivity index (χ1) is 12.8. The predicted octanol–water partition coefficient (Wildman–Crippen LogP) is 3.72. The van der Waals surface area contributed by atoms with E-state index in [2.05, 4.69) is 15.3 Å². The molecule has 0 atom stereocenters. The van der Waals surface area contributed by atoms with E-state index in [1.165, 1.54) is 23.9 Å². The van der Waals surface area contributed by atoms with Crippen LogP contribution in [0, 0.1) is 19.7 Å². The van der Waals surface area contributed by atoms with Gasteiger partial charge < -0.3 is 10.1 Å². The molecule has 0 aliphatic carbocycles. The van der Waals surface area contributed by atoms with Gasteiger partial charge in [-0.05, 0) is 50.3 Å². The highest BCUT2D eigenvalue weighted by atomic mass is 35.5. The summed E-state index contributed by atoms with van der Waals surface area (Å²) in [5.74, 6) is -1.58. The molecule has 0 spiro atoms. The van der Waals surface area contributed by atoms with Crippen LogP contribution in [0.3, 0.4) is 0 Å². The van der Waals surface area contributed by atoms with Crippen molar-refractivity contribution in [3.63, 3.8) is 0 Å². The number of carbonyl (C=O) groups excluding carboxylic acids is 2. The molecule has 1 amide bonds. The number of amides is 1. The van der Waals surface area contributed by atoms with Crippen LogP contribution in [0.15, 0.2) is 23.4 Å². The number of nitrogens with one attached hydrogen (secondary N) is 1. The summed E-state index contributed by atoms with van der Waals surface area (Å²) in [5, 5.41) is 3.21. The average Bonchev–Trinajstić information content (AvgIpc) is 2.61. The van der Waals surface area contributed by atoms with E-state index < -0.39 is 24.3 Å². The maximum Gasteiger partial charge on any atom is 0.306 e. The standard InChI is InChI=1S/C18H19ClFN3O3S/c1-10-13(11(2)22-18(21-10)27-3)5-7-17(25)26-9-16(24)23-15-6-4-12(20)8-14(15)19/h4,6,8H,5,7,9H2,1-3H3,(H,23,24). The van der Waals surface area contributed by atoms with E-state index in [0.717, 1.165) is 23.0 Å². The third kappa shape index (κ3) is 6.18. The molecule has 9 heteroatoms. The second-order valence-electron chi connectivity index (χ2n) is 5.69. The first-order valence-corrected chi connectivity index (χ1v) is 9.69. The molecule has 2 aromatic rings. The number of hydrogen-bond acceptors (Lipinski definition) is 6. The fourth-order valence-corrected chi connectivity index (χ4v) is 3.06. The van der Waals surface area contributed by atoms with E-state index in [4.69, 9.17) is 16.3 Å². The van der Waals surface area contributed by atoms with E-state index in [1.807, 2.05) is 20.1 Å². The summed E-state index contributed by atoms with van der Waals surface area (Å²) in [6.45, 7) is 3.29. The number of aryl methyl sites for hydroxylation is 2. The molecule has 0 saturated carbocycles. The van der Waals surface area contributed by atoms with Crippen molar-refractivity contribution in [1.29, 1.82) is 0 Å². The van der Waals surface area contributed by atoms with Gasteiger partial charge in [0.05, 0.1) is 10.7 Å². The van der Waals surface area contributed by atoms with Gasteiger partial charge in [0, 0.05) is 17.8 Å². The molecule has 1 aromatic carbocycles. The lowest BCUT2D eigenvalue weighted by Crippen LogP contribution is -2.21. The Morgan fingerprint density at radius 1 is 1.26 bits per heavy atom. The Hall–Kier alpha value is -2.19. The zero-order chi connectivity index (χ0) is 20.0. The fourth-order valence-electron chi connectivity index (χ4n) is 2.38. The van der Waals surface area contributed by atoms with Crippen molar-refractivity contribution >= 4 is 40.9 Å². The van der Waals surface area contributed by atoms with Gasteiger partial charge in [0.2, 0.25) is 0 Å². The minimum absolute atomic E-state index is 0.0642. The summed E-state index contributed by atoms with van der Waals surface area (Å²) < 4.78 is 18.0. The highest BCUT2D eigenvalue weighted by molar-refractivity contribution is 7.98. The fraction of sp³-hybridized carbons (Fsp3) is 0.333. The Morgan fingerprint density at radius 3 is 2.52 bits per heavy atom. The van der Waals surface area contributed by atoms with Crippen LogP contribution < -0.4 is 5.32 Å². The number of aromatic nitrogens is 2. The van der Waals surface area contributed by atoms with Crippen molar-refractivity contribution in [2.45, 2.75) is 31.8 Å². The number of halogens is 2. The molecule has 0 aliphatic heterocycles. The van der Waals surface area contributed by atoms with Crippen LogP contribution >= 0.6 is 23.4 Å². The van der Waals surface area contributed by atoms with Crippen LogP contribution in [0.25, 0.3) is 0 Å². The molecule has 0 radical (unpaired) electrons. The Bertz CT molecular complexity index is 841. The summed E-state index contributed by atoms with van der Waals surface area (Å²) >= 11 is 7.28. The number of rotatable bonds is 7. The number of hydrogen-bond donors (Lipinski definition) is 1. The minimum Gasteiger partial charge on any atom is -0.456 e. The van der Waals surface area contributed by atoms with Crippen LogP contribution in [-0.4, -0.2) is 34.7 Å². The van der Waals surface area contributed by atoms with Gasteiger partial charge in [-0.25, -0.2) is 14.4 Å². The SMILES string of the molecule is CSc1nc(C)c(CCC(=O)OCC(=O)Nc2ccc(F)cc2Cl)c(C)n1. The molecule has 0 saturated heterocycles. The summed E-state index contributed by atoms with van der Waals surface area (Å²) in [6.07, 6.45) is 2.43. The van der Waals surface area contributed by atoms with Gasteiger partial charge in [-0.3, -0.25) is 9.59 Å². The van der Waals surface area contributed by atoms with Crippen molar-refractivity contribution in [1.82, 2.24) is 9.97 Å². The smallest absolute Gasteiger partial charge is 0.306 e. The van der Waals surface area contributed by atoms with Crippen molar-refractivity contribution in [3.05, 3.63) is 46.0 Å². The first-order valence-electron chi connectivity index (χ1n) is 8.08. The minimum atomic E-state index is -0.558. The number of carbonyl (C=O) groups is 2. The topological polar surface area (TPSA) is 81.2 Å². The number of benzene rings is 1. The molecule has 0 fully saturated rings. The molecule has 1 aromatic heterocycles. The molecule has 0 unspecified atom stereocenters. The number of nitrogens with zero attached hydrogens (tertiary/aromatic N) is 2. The van der Waals surface area contributed by atoms with Crippen LogP contribution in [-0.2, 0) is 20.7 Å². The molecular formula is C18H19ClFN3O3S. The number of esters is 1. The van der Waals surface area contributed by atoms with E-state index in [1.54, 1.807) is 0 Å². The zero-order valence-electron chi connectivity index (χ0n) is 15.1. The molecule has 0 aliphatic rings. The Morgan fingerprint density at radius 2 is 1.93 bits per heavy atom. The van der Waals surface area contributed by atoms with E-state index in [0.29, 0.717) is 11.6 Å². The summed E-state index contributed by atoms with van der Waals surface area (Å²) in [7, 11) is 0. The van der Waals surface area contributed by atoms with Gasteiger partial charge in [-0.1, -0.05) is 23.4 Å². The monoisotopic (exact) mass is 411 g/mol. The van der Waals surface area contributed by atoms with Crippen molar-refractivity contribution in [3.8, 4) is 0 Å². The number of ether oxygens (including phenoxy) is 1. The average molecular weight is 412 g/mol. The second kappa shape index (κ2) is 9.66. The van der Waals surface area contributed by atoms with E-state index in [-0.39, 0.29) is 17.1 Å². The van der Waals surface area contributed by atoms with Gasteiger partial charge in [-0.2, -0.15) is 0 Å². The van der Waals surface area contributed by atoms with E-state index in [9.17, 15) is 14.0 Å². The van der Waals surface area contributed by atoms with Crippen molar-refractivity contribution in [2.24, 2.45) is 0 Å². The third-order valence-corrected chi connectivity index (χ3v) is 4.59. The maximum absolute atomic E-state index is 13.0. The molecule has 0 bridgehead atoms. The van der Waals surface area contributed by atoms with Crippen LogP contribution in [0.2, 0.25) is 5.02 Å². The van der Waals surface area contributed by atoms with Crippen LogP contribution in [0.1, 0.15) is 23.4 Å². The summed E-state index contributed by atoms with van der Waals surface area (Å²) in [6, 6.07) is 3.59. The maximum atomic E-state index is 13.0. The Labute approximate surface area is 165 Å². The first kappa shape index (κ1) is 21.1. The van der Waals surface area contributed by atoms with Gasteiger partial charge in [0.15, 0.2) is 11.8 Å². The van der Waals surface area contributed by atoms with Gasteiger partial charge in [-0.15, -0.1) is 0 Å². The zero-order valence-corrected chi connectivity index (χ0v) is 16.7. The highest BCUT2D eigenvalue weighted by Crippen LogP contribution is 2.22. The molecular weight excluding hydrogens is 393 g/mol. The third-order valence-electron chi connectivity index (χ3n) is 3.73.